The quantitative estimate of drug-likeness (QED) is 0.268. The summed E-state index contributed by atoms with van der Waals surface area (Å²) in [6.45, 7) is 6.79. The van der Waals surface area contributed by atoms with Gasteiger partial charge in [-0.05, 0) is 61.4 Å². The number of aryl methyl sites for hydroxylation is 1. The minimum Gasteiger partial charge on any atom is -0.457 e. The second kappa shape index (κ2) is 11.4. The monoisotopic (exact) mass is 521 g/mol. The molecule has 1 fully saturated rings. The number of halogens is 1. The Morgan fingerprint density at radius 1 is 1.08 bits per heavy atom. The Morgan fingerprint density at radius 3 is 2.67 bits per heavy atom. The van der Waals surface area contributed by atoms with Crippen LogP contribution in [0.15, 0.2) is 66.7 Å². The maximum atomic E-state index is 13.8. The number of carbonyl (C=O) groups is 1. The van der Waals surface area contributed by atoms with Gasteiger partial charge in [-0.1, -0.05) is 47.2 Å². The predicted molar refractivity (Wildman–Crippen MR) is 146 cm³/mol. The van der Waals surface area contributed by atoms with E-state index >= 15 is 0 Å². The molecule has 0 saturated carbocycles. The van der Waals surface area contributed by atoms with Gasteiger partial charge in [0.1, 0.15) is 11.5 Å². The van der Waals surface area contributed by atoms with Crippen LogP contribution in [-0.4, -0.2) is 55.2 Å². The van der Waals surface area contributed by atoms with E-state index < -0.39 is 0 Å². The van der Waals surface area contributed by atoms with Crippen molar-refractivity contribution >= 4 is 44.2 Å². The summed E-state index contributed by atoms with van der Waals surface area (Å²) in [6.07, 6.45) is 0.835. The van der Waals surface area contributed by atoms with Crippen LogP contribution < -0.4 is 9.64 Å². The van der Waals surface area contributed by atoms with Gasteiger partial charge in [0.05, 0.1) is 23.4 Å². The molecule has 0 atom stereocenters. The average molecular weight is 522 g/mol. The summed E-state index contributed by atoms with van der Waals surface area (Å²) in [5.41, 5.74) is 2.33. The Kier molecular flexibility index (Phi) is 7.82. The number of amides is 1. The van der Waals surface area contributed by atoms with Crippen molar-refractivity contribution in [2.24, 2.45) is 0 Å². The first-order chi connectivity index (χ1) is 17.6. The fourth-order valence-electron chi connectivity index (χ4n) is 4.24. The highest BCUT2D eigenvalue weighted by atomic mass is 35.5. The van der Waals surface area contributed by atoms with Crippen molar-refractivity contribution in [2.75, 3.05) is 44.3 Å². The number of morpholine rings is 1. The minimum atomic E-state index is -0.0988. The number of hydrogen-bond donors (Lipinski definition) is 0. The van der Waals surface area contributed by atoms with Crippen molar-refractivity contribution in [3.8, 4) is 11.5 Å². The van der Waals surface area contributed by atoms with Crippen molar-refractivity contribution in [3.63, 3.8) is 0 Å². The third-order valence-electron chi connectivity index (χ3n) is 6.23. The molecule has 1 aliphatic heterocycles. The lowest BCUT2D eigenvalue weighted by Gasteiger charge is -2.27. The molecule has 1 saturated heterocycles. The zero-order chi connectivity index (χ0) is 24.9. The average Bonchev–Trinajstić information content (AvgIpc) is 3.35. The third-order valence-corrected chi connectivity index (χ3v) is 7.69. The van der Waals surface area contributed by atoms with Crippen molar-refractivity contribution < 1.29 is 14.3 Å². The summed E-state index contributed by atoms with van der Waals surface area (Å²) in [6, 6.07) is 20.7. The highest BCUT2D eigenvalue weighted by Gasteiger charge is 2.23. The number of anilines is 1. The summed E-state index contributed by atoms with van der Waals surface area (Å²) in [4.78, 5) is 22.9. The first-order valence-electron chi connectivity index (χ1n) is 12.1. The molecule has 0 aliphatic carbocycles. The van der Waals surface area contributed by atoms with E-state index in [4.69, 9.17) is 26.1 Å². The van der Waals surface area contributed by atoms with Gasteiger partial charge in [0.25, 0.3) is 5.91 Å². The number of thiazole rings is 1. The van der Waals surface area contributed by atoms with E-state index in [0.29, 0.717) is 28.0 Å². The molecule has 5 rings (SSSR count). The van der Waals surface area contributed by atoms with Gasteiger partial charge in [-0.25, -0.2) is 4.98 Å². The molecule has 4 aromatic rings. The van der Waals surface area contributed by atoms with Gasteiger partial charge < -0.3 is 9.47 Å². The zero-order valence-corrected chi connectivity index (χ0v) is 21.7. The third kappa shape index (κ3) is 5.71. The fourth-order valence-corrected chi connectivity index (χ4v) is 5.44. The number of rotatable bonds is 8. The number of benzene rings is 3. The Hall–Kier alpha value is -2.97. The van der Waals surface area contributed by atoms with Crippen molar-refractivity contribution in [2.45, 2.75) is 13.3 Å². The zero-order valence-electron chi connectivity index (χ0n) is 20.2. The van der Waals surface area contributed by atoms with Gasteiger partial charge in [-0.15, -0.1) is 0 Å². The highest BCUT2D eigenvalue weighted by molar-refractivity contribution is 7.22. The van der Waals surface area contributed by atoms with Crippen LogP contribution in [0.1, 0.15) is 22.3 Å². The molecule has 0 radical (unpaired) electrons. The van der Waals surface area contributed by atoms with E-state index in [2.05, 4.69) is 4.90 Å². The second-order valence-electron chi connectivity index (χ2n) is 8.72. The SMILES string of the molecule is Cc1c(Cl)ccc2sc(N(CCCN3CCOCC3)C(=O)c3cccc(Oc4ccccc4)c3)nc12. The van der Waals surface area contributed by atoms with Gasteiger partial charge in [-0.2, -0.15) is 0 Å². The molecule has 3 aromatic carbocycles. The lowest BCUT2D eigenvalue weighted by atomic mass is 10.2. The molecular formula is C28H28ClN3O3S. The first kappa shape index (κ1) is 24.7. The van der Waals surface area contributed by atoms with Crippen molar-refractivity contribution in [1.82, 2.24) is 9.88 Å². The lowest BCUT2D eigenvalue weighted by molar-refractivity contribution is 0.0376. The number of para-hydroxylation sites is 1. The smallest absolute Gasteiger partial charge is 0.260 e. The molecule has 0 N–H and O–H groups in total. The van der Waals surface area contributed by atoms with Crippen LogP contribution in [0.4, 0.5) is 5.13 Å². The number of nitrogens with zero attached hydrogens (tertiary/aromatic N) is 3. The van der Waals surface area contributed by atoms with Gasteiger partial charge in [0.15, 0.2) is 5.13 Å². The summed E-state index contributed by atoms with van der Waals surface area (Å²) in [5, 5.41) is 1.35. The molecular weight excluding hydrogens is 494 g/mol. The Bertz CT molecular complexity index is 1340. The predicted octanol–water partition coefficient (Wildman–Crippen LogP) is 6.42. The molecule has 1 aliphatic rings. The van der Waals surface area contributed by atoms with E-state index in [9.17, 15) is 4.79 Å². The van der Waals surface area contributed by atoms with Crippen molar-refractivity contribution in [3.05, 3.63) is 82.9 Å². The van der Waals surface area contributed by atoms with E-state index in [1.54, 1.807) is 11.0 Å². The molecule has 0 bridgehead atoms. The Labute approximate surface area is 220 Å². The largest absolute Gasteiger partial charge is 0.457 e. The van der Waals surface area contributed by atoms with Crippen LogP contribution in [-0.2, 0) is 4.74 Å². The molecule has 0 unspecified atom stereocenters. The molecule has 1 amide bonds. The van der Waals surface area contributed by atoms with E-state index in [1.807, 2.05) is 67.6 Å². The number of ether oxygens (including phenoxy) is 2. The standard InChI is InChI=1S/C28H28ClN3O3S/c1-20-24(29)11-12-25-26(20)30-28(36-25)32(14-6-13-31-15-17-34-18-16-31)27(33)21-7-5-10-23(19-21)35-22-8-3-2-4-9-22/h2-5,7-12,19H,6,13-18H2,1H3. The Balaban J connectivity index is 1.41. The van der Waals surface area contributed by atoms with E-state index in [1.165, 1.54) is 11.3 Å². The Morgan fingerprint density at radius 2 is 1.86 bits per heavy atom. The normalized spacial score (nSPS) is 14.2. The number of aromatic nitrogens is 1. The van der Waals surface area contributed by atoms with Gasteiger partial charge >= 0.3 is 0 Å². The van der Waals surface area contributed by atoms with Crippen LogP contribution in [0.25, 0.3) is 10.2 Å². The second-order valence-corrected chi connectivity index (χ2v) is 10.1. The van der Waals surface area contributed by atoms with Crippen LogP contribution >= 0.6 is 22.9 Å². The molecule has 186 valence electrons. The first-order valence-corrected chi connectivity index (χ1v) is 13.3. The topological polar surface area (TPSA) is 54.9 Å². The van der Waals surface area contributed by atoms with Crippen LogP contribution in [0, 0.1) is 6.92 Å². The summed E-state index contributed by atoms with van der Waals surface area (Å²) in [5.74, 6) is 1.24. The van der Waals surface area contributed by atoms with Crippen LogP contribution in [0.3, 0.4) is 0 Å². The molecule has 36 heavy (non-hydrogen) atoms. The number of fused-ring (bicyclic) bond motifs is 1. The van der Waals surface area contributed by atoms with Gasteiger partial charge in [-0.3, -0.25) is 14.6 Å². The maximum Gasteiger partial charge on any atom is 0.260 e. The summed E-state index contributed by atoms with van der Waals surface area (Å²) >= 11 is 7.86. The number of hydrogen-bond acceptors (Lipinski definition) is 6. The van der Waals surface area contributed by atoms with Gasteiger partial charge in [0.2, 0.25) is 0 Å². The molecule has 2 heterocycles. The fraction of sp³-hybridized carbons (Fsp3) is 0.286. The van der Waals surface area contributed by atoms with Gasteiger partial charge in [0, 0.05) is 36.8 Å². The lowest BCUT2D eigenvalue weighted by Crippen LogP contribution is -2.39. The molecule has 0 spiro atoms. The summed E-state index contributed by atoms with van der Waals surface area (Å²) < 4.78 is 12.5. The number of carbonyl (C=O) groups excluding carboxylic acids is 1. The van der Waals surface area contributed by atoms with Crippen LogP contribution in [0.5, 0.6) is 11.5 Å². The summed E-state index contributed by atoms with van der Waals surface area (Å²) in [7, 11) is 0. The van der Waals surface area contributed by atoms with Crippen molar-refractivity contribution in [1.29, 1.82) is 0 Å². The maximum absolute atomic E-state index is 13.8. The van der Waals surface area contributed by atoms with Crippen LogP contribution in [0.2, 0.25) is 5.02 Å². The molecule has 6 nitrogen and oxygen atoms in total. The molecule has 8 heteroatoms. The highest BCUT2D eigenvalue weighted by Crippen LogP contribution is 2.34. The van der Waals surface area contributed by atoms with E-state index in [0.717, 1.165) is 60.8 Å². The minimum absolute atomic E-state index is 0.0988. The van der Waals surface area contributed by atoms with E-state index in [-0.39, 0.29) is 5.91 Å². The molecule has 1 aromatic heterocycles.